The largest absolute Gasteiger partial charge is 0.569 e. The van der Waals surface area contributed by atoms with E-state index in [9.17, 15) is 10.5 Å². The van der Waals surface area contributed by atoms with Gasteiger partial charge in [-0.3, -0.25) is 0 Å². The van der Waals surface area contributed by atoms with Gasteiger partial charge in [-0.15, -0.1) is 0 Å². The molecule has 0 aliphatic rings. The Balaban J connectivity index is 0.000000181. The SMILES string of the molecule is C.C.N#Cc1cc(Br)cc(-n2c3ccccc3c3ccccc32)c1.N#Cc1cc(O[B]O)cc(-n2c3ccccc3c3ccccc32)c1. The molecule has 0 unspecified atom stereocenters. The molecule has 0 fully saturated rings. The lowest BCUT2D eigenvalue weighted by molar-refractivity contribution is 0.453. The van der Waals surface area contributed by atoms with Gasteiger partial charge in [-0.05, 0) is 54.6 Å². The monoisotopic (exact) mass is 689 g/mol. The molecule has 2 heterocycles. The van der Waals surface area contributed by atoms with Crippen LogP contribution < -0.4 is 4.65 Å². The molecule has 0 aliphatic carbocycles. The molecule has 0 saturated heterocycles. The number of para-hydroxylation sites is 4. The van der Waals surface area contributed by atoms with Crippen molar-refractivity contribution in [2.75, 3.05) is 0 Å². The lowest BCUT2D eigenvalue weighted by atomic mass is 10.2. The number of rotatable bonds is 4. The number of halogens is 1. The molecule has 48 heavy (non-hydrogen) atoms. The van der Waals surface area contributed by atoms with Crippen LogP contribution in [0.4, 0.5) is 0 Å². The molecule has 0 saturated carbocycles. The summed E-state index contributed by atoms with van der Waals surface area (Å²) in [5.74, 6) is 0.411. The minimum atomic E-state index is 0. The van der Waals surface area contributed by atoms with E-state index in [1.54, 1.807) is 12.1 Å². The van der Waals surface area contributed by atoms with Crippen LogP contribution in [0.2, 0.25) is 0 Å². The molecule has 233 valence electrons. The third-order valence-electron chi connectivity index (χ3n) is 7.90. The van der Waals surface area contributed by atoms with Crippen molar-refractivity contribution in [3.8, 4) is 29.3 Å². The van der Waals surface area contributed by atoms with E-state index in [0.717, 1.165) is 48.7 Å². The lowest BCUT2D eigenvalue weighted by Gasteiger charge is -2.11. The molecule has 6 aromatic carbocycles. The highest BCUT2D eigenvalue weighted by Gasteiger charge is 2.14. The van der Waals surface area contributed by atoms with E-state index >= 15 is 0 Å². The van der Waals surface area contributed by atoms with Gasteiger partial charge in [-0.2, -0.15) is 10.5 Å². The van der Waals surface area contributed by atoms with Gasteiger partial charge in [0.1, 0.15) is 5.75 Å². The molecule has 8 rings (SSSR count). The predicted octanol–water partition coefficient (Wildman–Crippen LogP) is 10.3. The second-order valence-electron chi connectivity index (χ2n) is 10.6. The number of hydrogen-bond donors (Lipinski definition) is 1. The number of fused-ring (bicyclic) bond motifs is 6. The van der Waals surface area contributed by atoms with E-state index in [0.29, 0.717) is 24.6 Å². The molecule has 0 bridgehead atoms. The van der Waals surface area contributed by atoms with E-state index in [1.807, 2.05) is 72.8 Å². The molecular weight excluding hydrogens is 659 g/mol. The number of hydrogen-bond acceptors (Lipinski definition) is 4. The number of benzene rings is 6. The Kier molecular flexibility index (Phi) is 10.0. The van der Waals surface area contributed by atoms with E-state index in [2.05, 4.69) is 85.7 Å². The molecule has 1 radical (unpaired) electrons. The second-order valence-corrected chi connectivity index (χ2v) is 11.5. The van der Waals surface area contributed by atoms with E-state index in [-0.39, 0.29) is 14.9 Å². The van der Waals surface area contributed by atoms with Crippen LogP contribution in [0.15, 0.2) is 138 Å². The summed E-state index contributed by atoms with van der Waals surface area (Å²) in [6, 6.07) is 48.3. The topological polar surface area (TPSA) is 86.9 Å². The molecule has 0 atom stereocenters. The van der Waals surface area contributed by atoms with Gasteiger partial charge in [0.2, 0.25) is 0 Å². The Hall–Kier alpha value is -5.80. The summed E-state index contributed by atoms with van der Waals surface area (Å²) < 4.78 is 10.3. The molecule has 2 aromatic heterocycles. The summed E-state index contributed by atoms with van der Waals surface area (Å²) in [7, 11) is 0.617. The minimum absolute atomic E-state index is 0. The first-order valence-electron chi connectivity index (χ1n) is 14.4. The Morgan fingerprint density at radius 1 is 0.542 bits per heavy atom. The summed E-state index contributed by atoms with van der Waals surface area (Å²) in [5, 5.41) is 32.2. The van der Waals surface area contributed by atoms with E-state index < -0.39 is 0 Å². The highest BCUT2D eigenvalue weighted by molar-refractivity contribution is 9.10. The highest BCUT2D eigenvalue weighted by atomic mass is 79.9. The van der Waals surface area contributed by atoms with E-state index in [1.165, 1.54) is 10.8 Å². The first-order chi connectivity index (χ1) is 22.6. The lowest BCUT2D eigenvalue weighted by Crippen LogP contribution is -2.02. The molecule has 1 N–H and O–H groups in total. The molecule has 6 nitrogen and oxygen atoms in total. The van der Waals surface area contributed by atoms with Crippen molar-refractivity contribution in [3.05, 3.63) is 149 Å². The van der Waals surface area contributed by atoms with E-state index in [4.69, 9.17) is 9.68 Å². The summed E-state index contributed by atoms with van der Waals surface area (Å²) >= 11 is 3.50. The van der Waals surface area contributed by atoms with Crippen molar-refractivity contribution in [1.82, 2.24) is 9.13 Å². The average molecular weight is 690 g/mol. The summed E-state index contributed by atoms with van der Waals surface area (Å²) in [5.41, 5.74) is 7.29. The number of nitrogens with zero attached hydrogens (tertiary/aromatic N) is 4. The smallest absolute Gasteiger partial charge is 0.537 e. The van der Waals surface area contributed by atoms with Crippen molar-refractivity contribution in [1.29, 1.82) is 10.5 Å². The summed E-state index contributed by atoms with van der Waals surface area (Å²) in [4.78, 5) is 0. The Labute approximate surface area is 288 Å². The van der Waals surface area contributed by atoms with Gasteiger partial charge in [0.15, 0.2) is 0 Å². The number of aromatic nitrogens is 2. The quantitative estimate of drug-likeness (QED) is 0.186. The van der Waals surface area contributed by atoms with Gasteiger partial charge >= 0.3 is 7.69 Å². The summed E-state index contributed by atoms with van der Waals surface area (Å²) in [6.45, 7) is 0. The van der Waals surface area contributed by atoms with Crippen molar-refractivity contribution in [2.24, 2.45) is 0 Å². The standard InChI is InChI=1S/C19H12BN2O2.C19H11BrN2.2CH4/c21-12-13-9-14(11-15(10-13)24-20-23)22-18-7-3-1-5-16(18)17-6-2-4-8-19(17)22;20-14-9-13(12-21)10-15(11-14)22-18-7-3-1-5-16(18)17-6-2-4-8-19(17)22;;/h1-11,23H;1-11H;2*1H4. The van der Waals surface area contributed by atoms with Gasteiger partial charge in [0.05, 0.1) is 51.0 Å². The second kappa shape index (κ2) is 14.3. The fraction of sp³-hybridized carbons (Fsp3) is 0.0500. The maximum atomic E-state index is 9.29. The third-order valence-corrected chi connectivity index (χ3v) is 8.36. The molecule has 0 aliphatic heterocycles. The molecule has 8 heteroatoms. The van der Waals surface area contributed by atoms with Crippen LogP contribution in [0.5, 0.6) is 5.75 Å². The highest BCUT2D eigenvalue weighted by Crippen LogP contribution is 2.34. The van der Waals surface area contributed by atoms with Gasteiger partial charge < -0.3 is 18.8 Å². The Morgan fingerprint density at radius 2 is 0.917 bits per heavy atom. The van der Waals surface area contributed by atoms with Crippen LogP contribution >= 0.6 is 15.9 Å². The average Bonchev–Trinajstić information content (AvgIpc) is 3.61. The van der Waals surface area contributed by atoms with Crippen LogP contribution in [0.1, 0.15) is 26.0 Å². The van der Waals surface area contributed by atoms with Crippen LogP contribution in [0, 0.1) is 22.7 Å². The zero-order valence-corrected chi connectivity index (χ0v) is 25.9. The Bertz CT molecular complexity index is 2400. The van der Waals surface area contributed by atoms with Crippen LogP contribution in [0.25, 0.3) is 55.0 Å². The van der Waals surface area contributed by atoms with Crippen LogP contribution in [-0.4, -0.2) is 21.8 Å². The first-order valence-corrected chi connectivity index (χ1v) is 15.2. The number of nitriles is 2. The van der Waals surface area contributed by atoms with Crippen molar-refractivity contribution in [2.45, 2.75) is 14.9 Å². The maximum absolute atomic E-state index is 9.29. The fourth-order valence-electron chi connectivity index (χ4n) is 6.08. The van der Waals surface area contributed by atoms with Gasteiger partial charge in [0, 0.05) is 37.8 Å². The fourth-order valence-corrected chi connectivity index (χ4v) is 6.56. The van der Waals surface area contributed by atoms with Crippen LogP contribution in [0.3, 0.4) is 0 Å². The molecule has 0 amide bonds. The van der Waals surface area contributed by atoms with Crippen molar-refractivity contribution >= 4 is 67.2 Å². The minimum Gasteiger partial charge on any atom is -0.537 e. The zero-order valence-electron chi connectivity index (χ0n) is 24.3. The van der Waals surface area contributed by atoms with Gasteiger partial charge in [0.25, 0.3) is 0 Å². The van der Waals surface area contributed by atoms with Gasteiger partial charge in [-0.25, -0.2) is 0 Å². The maximum Gasteiger partial charge on any atom is 0.569 e. The third kappa shape index (κ3) is 6.03. The van der Waals surface area contributed by atoms with Crippen molar-refractivity contribution < 1.29 is 9.68 Å². The zero-order chi connectivity index (χ0) is 31.6. The predicted molar refractivity (Wildman–Crippen MR) is 201 cm³/mol. The molecule has 8 aromatic rings. The van der Waals surface area contributed by atoms with Gasteiger partial charge in [-0.1, -0.05) is 104 Å². The first kappa shape index (κ1) is 33.6. The molecule has 0 spiro atoms. The summed E-state index contributed by atoms with van der Waals surface area (Å²) in [6.07, 6.45) is 0. The van der Waals surface area contributed by atoms with Crippen LogP contribution in [-0.2, 0) is 0 Å². The van der Waals surface area contributed by atoms with Crippen molar-refractivity contribution in [3.63, 3.8) is 0 Å². The Morgan fingerprint density at radius 3 is 1.31 bits per heavy atom. The molecular formula is C40H31BBrN4O2. The normalized spacial score (nSPS) is 10.3.